The monoisotopic (exact) mass is 904 g/mol. The van der Waals surface area contributed by atoms with Gasteiger partial charge in [0.05, 0.1) is 11.8 Å². The lowest BCUT2D eigenvalue weighted by Crippen LogP contribution is -2.16. The molecule has 336 valence electrons. The summed E-state index contributed by atoms with van der Waals surface area (Å²) in [6.07, 6.45) is 2.28. The maximum absolute atomic E-state index is 11.5. The van der Waals surface area contributed by atoms with Gasteiger partial charge in [-0.2, -0.15) is 0 Å². The summed E-state index contributed by atoms with van der Waals surface area (Å²) >= 11 is 0. The Kier molecular flexibility index (Phi) is 9.82. The maximum Gasteiger partial charge on any atom is 0.143 e. The summed E-state index contributed by atoms with van der Waals surface area (Å²) in [5.41, 5.74) is 7.18. The van der Waals surface area contributed by atoms with Crippen LogP contribution in [0.25, 0.3) is 45.6 Å². The zero-order chi connectivity index (χ0) is 47.0. The second kappa shape index (κ2) is 16.1. The predicted molar refractivity (Wildman–Crippen MR) is 254 cm³/mol. The fraction of sp³-hybridized carbons (Fsp3) is 0.0714. The standard InChI is InChI=1S/C56H40O12/c57-35-10-4-29(5-11-35)54-50(33-19-38(60)23-39(61)20-33)49-32(18-42(64)26-47(49)67-54)3-1-28-2-16-46-44(17-28)52(56(66-46)31-8-14-37(59)15-9-31)45-25-43(65)27-48-53(45)51(34-21-40(62)24-41(63)22-34)55(68-48)30-6-12-36(58)13-7-30/h1-27,51-52,55-65H/b3-1+/t51-,52+,55+,56+/m0/s1. The van der Waals surface area contributed by atoms with E-state index in [0.29, 0.717) is 72.7 Å². The third-order valence-electron chi connectivity index (χ3n) is 12.6. The van der Waals surface area contributed by atoms with Crippen LogP contribution in [-0.4, -0.2) is 46.0 Å². The van der Waals surface area contributed by atoms with Crippen LogP contribution in [0.2, 0.25) is 0 Å². The summed E-state index contributed by atoms with van der Waals surface area (Å²) in [7, 11) is 0. The Morgan fingerprint density at radius 2 is 0.926 bits per heavy atom. The molecule has 0 unspecified atom stereocenters. The smallest absolute Gasteiger partial charge is 0.143 e. The Morgan fingerprint density at radius 1 is 0.382 bits per heavy atom. The van der Waals surface area contributed by atoms with Gasteiger partial charge in [-0.1, -0.05) is 42.5 Å². The molecule has 12 heteroatoms. The molecule has 0 spiro atoms. The van der Waals surface area contributed by atoms with Crippen molar-refractivity contribution in [1.29, 1.82) is 0 Å². The molecule has 2 aliphatic rings. The van der Waals surface area contributed by atoms with Gasteiger partial charge in [-0.05, 0) is 136 Å². The third kappa shape index (κ3) is 7.39. The molecule has 11 rings (SSSR count). The van der Waals surface area contributed by atoms with Crippen LogP contribution in [0.15, 0.2) is 156 Å². The highest BCUT2D eigenvalue weighted by molar-refractivity contribution is 6.07. The van der Waals surface area contributed by atoms with E-state index in [4.69, 9.17) is 13.9 Å². The van der Waals surface area contributed by atoms with E-state index in [-0.39, 0.29) is 51.7 Å². The van der Waals surface area contributed by atoms with E-state index in [2.05, 4.69) is 0 Å². The molecule has 0 fully saturated rings. The minimum absolute atomic E-state index is 0.0516. The summed E-state index contributed by atoms with van der Waals surface area (Å²) in [4.78, 5) is 0. The molecule has 0 saturated carbocycles. The zero-order valence-corrected chi connectivity index (χ0v) is 35.6. The molecule has 2 aliphatic heterocycles. The van der Waals surface area contributed by atoms with E-state index < -0.39 is 24.0 Å². The molecular weight excluding hydrogens is 865 g/mol. The van der Waals surface area contributed by atoms with Gasteiger partial charge < -0.3 is 59.8 Å². The summed E-state index contributed by atoms with van der Waals surface area (Å²) in [5.74, 6) is -0.592. The highest BCUT2D eigenvalue weighted by Gasteiger charge is 2.45. The van der Waals surface area contributed by atoms with Crippen LogP contribution in [0.3, 0.4) is 0 Å². The number of hydrogen-bond donors (Lipinski definition) is 9. The van der Waals surface area contributed by atoms with Gasteiger partial charge in [0.25, 0.3) is 0 Å². The number of phenols is 9. The van der Waals surface area contributed by atoms with E-state index in [9.17, 15) is 46.0 Å². The Hall–Kier alpha value is -9.16. The topological polar surface area (TPSA) is 214 Å². The van der Waals surface area contributed by atoms with Crippen LogP contribution in [0.1, 0.15) is 68.6 Å². The number of aromatic hydroxyl groups is 9. The van der Waals surface area contributed by atoms with Crippen molar-refractivity contribution in [3.05, 3.63) is 196 Å². The van der Waals surface area contributed by atoms with Gasteiger partial charge >= 0.3 is 0 Å². The third-order valence-corrected chi connectivity index (χ3v) is 12.6. The molecule has 9 N–H and O–H groups in total. The Bertz CT molecular complexity index is 3420. The van der Waals surface area contributed by atoms with Crippen molar-refractivity contribution < 1.29 is 59.8 Å². The molecule has 1 aromatic heterocycles. The largest absolute Gasteiger partial charge is 0.508 e. The van der Waals surface area contributed by atoms with E-state index in [1.165, 1.54) is 48.5 Å². The first-order chi connectivity index (χ1) is 32.8. The SMILES string of the molecule is Oc1ccc(-c2oc3cc(O)cc(/C=C/c4ccc5c(c4)[C@H](c4cc(O)cc6c4[C@H](c4cc(O)cc(O)c4)[C@@H](c4ccc(O)cc4)O6)[C@@H](c4ccc(O)cc4)O5)c3c2-c2cc(O)cc(O)c2)cc1. The second-order valence-corrected chi connectivity index (χ2v) is 17.1. The van der Waals surface area contributed by atoms with Gasteiger partial charge in [0.2, 0.25) is 0 Å². The van der Waals surface area contributed by atoms with Crippen LogP contribution in [0.4, 0.5) is 0 Å². The van der Waals surface area contributed by atoms with Crippen molar-refractivity contribution in [2.24, 2.45) is 0 Å². The minimum Gasteiger partial charge on any atom is -0.508 e. The Balaban J connectivity index is 1.08. The molecule has 0 aliphatic carbocycles. The van der Waals surface area contributed by atoms with Crippen LogP contribution < -0.4 is 9.47 Å². The highest BCUT2D eigenvalue weighted by atomic mass is 16.5. The second-order valence-electron chi connectivity index (χ2n) is 17.1. The molecule has 9 aromatic rings. The maximum atomic E-state index is 11.5. The first kappa shape index (κ1) is 41.5. The number of hydrogen-bond acceptors (Lipinski definition) is 12. The van der Waals surface area contributed by atoms with Crippen molar-refractivity contribution >= 4 is 23.1 Å². The molecule has 3 heterocycles. The van der Waals surface area contributed by atoms with Gasteiger partial charge in [-0.25, -0.2) is 0 Å². The molecule has 0 bridgehead atoms. The van der Waals surface area contributed by atoms with Gasteiger partial charge in [-0.15, -0.1) is 0 Å². The van der Waals surface area contributed by atoms with E-state index >= 15 is 0 Å². The number of fused-ring (bicyclic) bond motifs is 3. The molecule has 68 heavy (non-hydrogen) atoms. The Labute approximate surface area is 387 Å². The fourth-order valence-electron chi connectivity index (χ4n) is 9.78. The Morgan fingerprint density at radius 3 is 1.56 bits per heavy atom. The van der Waals surface area contributed by atoms with Crippen molar-refractivity contribution in [3.8, 4) is 85.7 Å². The summed E-state index contributed by atoms with van der Waals surface area (Å²) in [6.45, 7) is 0. The number of benzene rings is 8. The summed E-state index contributed by atoms with van der Waals surface area (Å²) in [6, 6.07) is 40.3. The summed E-state index contributed by atoms with van der Waals surface area (Å²) in [5, 5.41) is 96.5. The van der Waals surface area contributed by atoms with Crippen molar-refractivity contribution in [2.45, 2.75) is 24.0 Å². The molecular formula is C56H40O12. The number of phenolic OH excluding ortho intramolecular Hbond substituents is 9. The fourth-order valence-corrected chi connectivity index (χ4v) is 9.78. The minimum atomic E-state index is -0.721. The summed E-state index contributed by atoms with van der Waals surface area (Å²) < 4.78 is 19.9. The molecule has 8 aromatic carbocycles. The van der Waals surface area contributed by atoms with Crippen molar-refractivity contribution in [3.63, 3.8) is 0 Å². The van der Waals surface area contributed by atoms with Crippen LogP contribution in [0.5, 0.6) is 63.2 Å². The average Bonchev–Trinajstić information content (AvgIpc) is 4.00. The van der Waals surface area contributed by atoms with Gasteiger partial charge in [0, 0.05) is 51.9 Å². The number of furan rings is 1. The van der Waals surface area contributed by atoms with Gasteiger partial charge in [0.1, 0.15) is 86.8 Å². The van der Waals surface area contributed by atoms with E-state index in [0.717, 1.165) is 16.7 Å². The predicted octanol–water partition coefficient (Wildman–Crippen LogP) is 11.8. The molecule has 0 amide bonds. The first-order valence-electron chi connectivity index (χ1n) is 21.6. The zero-order valence-electron chi connectivity index (χ0n) is 35.6. The van der Waals surface area contributed by atoms with Crippen molar-refractivity contribution in [2.75, 3.05) is 0 Å². The molecule has 0 saturated heterocycles. The van der Waals surface area contributed by atoms with Crippen LogP contribution in [-0.2, 0) is 0 Å². The molecule has 4 atom stereocenters. The van der Waals surface area contributed by atoms with Gasteiger partial charge in [0.15, 0.2) is 0 Å². The average molecular weight is 905 g/mol. The van der Waals surface area contributed by atoms with Gasteiger partial charge in [-0.3, -0.25) is 0 Å². The lowest BCUT2D eigenvalue weighted by Gasteiger charge is -2.26. The van der Waals surface area contributed by atoms with E-state index in [1.807, 2.05) is 30.4 Å². The first-order valence-corrected chi connectivity index (χ1v) is 21.6. The van der Waals surface area contributed by atoms with Crippen LogP contribution in [0, 0.1) is 0 Å². The lowest BCUT2D eigenvalue weighted by atomic mass is 9.76. The highest BCUT2D eigenvalue weighted by Crippen LogP contribution is 2.59. The van der Waals surface area contributed by atoms with Crippen LogP contribution >= 0.6 is 0 Å². The molecule has 0 radical (unpaired) electrons. The lowest BCUT2D eigenvalue weighted by molar-refractivity contribution is 0.220. The normalized spacial score (nSPS) is 17.2. The molecule has 12 nitrogen and oxygen atoms in total. The number of ether oxygens (including phenoxy) is 2. The van der Waals surface area contributed by atoms with E-state index in [1.54, 1.807) is 84.9 Å². The quantitative estimate of drug-likeness (QED) is 0.0652. The van der Waals surface area contributed by atoms with Crippen molar-refractivity contribution in [1.82, 2.24) is 0 Å². The number of rotatable bonds is 8.